The molecule has 0 unspecified atom stereocenters. The van der Waals surface area contributed by atoms with Gasteiger partial charge >= 0.3 is 18.4 Å². The fraction of sp³-hybridized carbons (Fsp3) is 0.227. The first-order valence-electron chi connectivity index (χ1n) is 10.4. The summed E-state index contributed by atoms with van der Waals surface area (Å²) in [5.74, 6) is -5.47. The number of hydrogen-bond donors (Lipinski definition) is 0. The lowest BCUT2D eigenvalue weighted by molar-refractivity contribution is -0.274. The number of amides is 2. The van der Waals surface area contributed by atoms with E-state index < -0.39 is 48.2 Å². The Hall–Kier alpha value is -4.56. The number of rotatable bonds is 7. The maximum atomic E-state index is 14.5. The Morgan fingerprint density at radius 2 is 1.54 bits per heavy atom. The standard InChI is InChI=1S/C22H15F5N4O6/c23-21(24,11-35-20(34)37-31-17(32)9-10-18(31)33)14-3-1-13(2-4-14)19-28-12-30(29-19)15-5-7-16(8-6-15)36-22(25,26)27/h1-8,12H,9-11H2. The molecule has 37 heavy (non-hydrogen) atoms. The van der Waals surface area contributed by atoms with Crippen LogP contribution < -0.4 is 4.74 Å². The van der Waals surface area contributed by atoms with Crippen molar-refractivity contribution in [2.75, 3.05) is 6.61 Å². The predicted octanol–water partition coefficient (Wildman–Crippen LogP) is 4.14. The monoisotopic (exact) mass is 526 g/mol. The zero-order chi connectivity index (χ0) is 26.8. The van der Waals surface area contributed by atoms with Crippen molar-refractivity contribution in [3.05, 3.63) is 60.4 Å². The molecule has 1 saturated heterocycles. The molecule has 4 rings (SSSR count). The van der Waals surface area contributed by atoms with E-state index in [9.17, 15) is 36.3 Å². The van der Waals surface area contributed by atoms with Crippen molar-refractivity contribution in [2.45, 2.75) is 25.1 Å². The van der Waals surface area contributed by atoms with Gasteiger partial charge in [0.05, 0.1) is 5.69 Å². The topological polar surface area (TPSA) is 113 Å². The lowest BCUT2D eigenvalue weighted by atomic mass is 10.1. The van der Waals surface area contributed by atoms with Gasteiger partial charge in [-0.3, -0.25) is 14.4 Å². The van der Waals surface area contributed by atoms with Crippen molar-refractivity contribution in [1.82, 2.24) is 19.8 Å². The van der Waals surface area contributed by atoms with Crippen molar-refractivity contribution >= 4 is 18.0 Å². The van der Waals surface area contributed by atoms with Crippen LogP contribution >= 0.6 is 0 Å². The molecule has 0 aliphatic carbocycles. The third kappa shape index (κ3) is 6.17. The van der Waals surface area contributed by atoms with E-state index >= 15 is 0 Å². The van der Waals surface area contributed by atoms with E-state index in [0.29, 0.717) is 11.3 Å². The molecule has 1 fully saturated rings. The number of benzene rings is 2. The molecular weight excluding hydrogens is 511 g/mol. The number of alkyl halides is 5. The molecule has 0 radical (unpaired) electrons. The molecule has 2 amide bonds. The molecule has 0 saturated carbocycles. The molecular formula is C22H15F5N4O6. The largest absolute Gasteiger partial charge is 0.573 e. The molecule has 194 valence electrons. The molecule has 0 spiro atoms. The van der Waals surface area contributed by atoms with Crippen LogP contribution in [-0.2, 0) is 25.1 Å². The van der Waals surface area contributed by atoms with Crippen LogP contribution in [0.5, 0.6) is 5.75 Å². The van der Waals surface area contributed by atoms with Gasteiger partial charge in [0, 0.05) is 24.0 Å². The zero-order valence-corrected chi connectivity index (χ0v) is 18.4. The summed E-state index contributed by atoms with van der Waals surface area (Å²) in [6.45, 7) is -1.41. The maximum Gasteiger partial charge on any atom is 0.573 e. The van der Waals surface area contributed by atoms with E-state index in [-0.39, 0.29) is 23.7 Å². The van der Waals surface area contributed by atoms with E-state index in [0.717, 1.165) is 24.3 Å². The quantitative estimate of drug-likeness (QED) is 0.257. The Morgan fingerprint density at radius 1 is 0.919 bits per heavy atom. The van der Waals surface area contributed by atoms with Gasteiger partial charge in [0.25, 0.3) is 11.8 Å². The Kier molecular flexibility index (Phi) is 6.78. The van der Waals surface area contributed by atoms with Crippen LogP contribution in [0.4, 0.5) is 26.7 Å². The van der Waals surface area contributed by atoms with Gasteiger partial charge in [-0.15, -0.1) is 18.3 Å². The summed E-state index contributed by atoms with van der Waals surface area (Å²) in [7, 11) is 0. The SMILES string of the molecule is O=C(OCC(F)(F)c1ccc(-c2ncn(-c3ccc(OC(F)(F)F)cc3)n2)cc1)ON1C(=O)CCC1=O. The van der Waals surface area contributed by atoms with Crippen molar-refractivity contribution in [2.24, 2.45) is 0 Å². The number of carbonyl (C=O) groups is 3. The van der Waals surface area contributed by atoms with Gasteiger partial charge in [0.15, 0.2) is 12.4 Å². The number of ether oxygens (including phenoxy) is 2. The Balaban J connectivity index is 1.37. The Bertz CT molecular complexity index is 1290. The van der Waals surface area contributed by atoms with Crippen LogP contribution in [-0.4, -0.2) is 50.8 Å². The number of hydrogen-bond acceptors (Lipinski definition) is 8. The zero-order valence-electron chi connectivity index (χ0n) is 18.4. The first-order chi connectivity index (χ1) is 17.4. The molecule has 2 heterocycles. The number of aromatic nitrogens is 3. The minimum atomic E-state index is -4.82. The van der Waals surface area contributed by atoms with Crippen LogP contribution in [0, 0.1) is 0 Å². The molecule has 0 atom stereocenters. The predicted molar refractivity (Wildman–Crippen MR) is 111 cm³/mol. The molecule has 3 aromatic rings. The van der Waals surface area contributed by atoms with Crippen LogP contribution in [0.15, 0.2) is 54.9 Å². The van der Waals surface area contributed by atoms with E-state index in [2.05, 4.69) is 24.4 Å². The number of hydroxylamine groups is 2. The molecule has 1 aromatic heterocycles. The molecule has 1 aliphatic heterocycles. The number of nitrogens with zero attached hydrogens (tertiary/aromatic N) is 4. The normalized spacial score (nSPS) is 14.1. The second kappa shape index (κ2) is 9.83. The van der Waals surface area contributed by atoms with E-state index in [1.807, 2.05) is 0 Å². The summed E-state index contributed by atoms with van der Waals surface area (Å²) in [4.78, 5) is 42.9. The lowest BCUT2D eigenvalue weighted by Gasteiger charge is -2.18. The first-order valence-corrected chi connectivity index (χ1v) is 10.4. The van der Waals surface area contributed by atoms with Crippen molar-refractivity contribution in [1.29, 1.82) is 0 Å². The van der Waals surface area contributed by atoms with Crippen LogP contribution in [0.1, 0.15) is 18.4 Å². The van der Waals surface area contributed by atoms with E-state index in [4.69, 9.17) is 0 Å². The van der Waals surface area contributed by atoms with Gasteiger partial charge < -0.3 is 9.47 Å². The van der Waals surface area contributed by atoms with Crippen LogP contribution in [0.2, 0.25) is 0 Å². The molecule has 0 N–H and O–H groups in total. The smallest absolute Gasteiger partial charge is 0.426 e. The van der Waals surface area contributed by atoms with Crippen molar-refractivity contribution in [3.8, 4) is 22.8 Å². The molecule has 1 aliphatic rings. The average Bonchev–Trinajstić information content (AvgIpc) is 3.45. The van der Waals surface area contributed by atoms with Gasteiger partial charge in [-0.05, 0) is 24.3 Å². The molecule has 15 heteroatoms. The van der Waals surface area contributed by atoms with Gasteiger partial charge in [-0.1, -0.05) is 29.3 Å². The van der Waals surface area contributed by atoms with Crippen molar-refractivity contribution in [3.63, 3.8) is 0 Å². The number of carbonyl (C=O) groups excluding carboxylic acids is 3. The van der Waals surface area contributed by atoms with Gasteiger partial charge in [-0.2, -0.15) is 8.78 Å². The third-order valence-corrected chi connectivity index (χ3v) is 4.94. The van der Waals surface area contributed by atoms with Gasteiger partial charge in [0.2, 0.25) is 0 Å². The third-order valence-electron chi connectivity index (χ3n) is 4.94. The summed E-state index contributed by atoms with van der Waals surface area (Å²) in [6.07, 6.45) is -5.50. The summed E-state index contributed by atoms with van der Waals surface area (Å²) < 4.78 is 75.3. The van der Waals surface area contributed by atoms with Crippen LogP contribution in [0.3, 0.4) is 0 Å². The summed E-state index contributed by atoms with van der Waals surface area (Å²) in [6, 6.07) is 9.54. The van der Waals surface area contributed by atoms with Gasteiger partial charge in [-0.25, -0.2) is 14.5 Å². The molecule has 0 bridgehead atoms. The van der Waals surface area contributed by atoms with Crippen molar-refractivity contribution < 1.29 is 50.6 Å². The lowest BCUT2D eigenvalue weighted by Crippen LogP contribution is -2.33. The summed E-state index contributed by atoms with van der Waals surface area (Å²) in [5, 5.41) is 4.35. The minimum absolute atomic E-state index is 0.144. The second-order valence-electron chi connectivity index (χ2n) is 7.55. The minimum Gasteiger partial charge on any atom is -0.426 e. The van der Waals surface area contributed by atoms with E-state index in [1.165, 1.54) is 35.3 Å². The highest BCUT2D eigenvalue weighted by molar-refractivity contribution is 6.01. The molecule has 10 nitrogen and oxygen atoms in total. The average molecular weight is 526 g/mol. The van der Waals surface area contributed by atoms with Gasteiger partial charge in [0.1, 0.15) is 12.1 Å². The maximum absolute atomic E-state index is 14.5. The molecule has 2 aromatic carbocycles. The Labute approximate surface area is 204 Å². The fourth-order valence-corrected chi connectivity index (χ4v) is 3.18. The summed E-state index contributed by atoms with van der Waals surface area (Å²) in [5.41, 5.74) is 0.205. The number of imide groups is 1. The first kappa shape index (κ1) is 25.5. The highest BCUT2D eigenvalue weighted by Crippen LogP contribution is 2.30. The highest BCUT2D eigenvalue weighted by Gasteiger charge is 2.37. The highest BCUT2D eigenvalue weighted by atomic mass is 19.4. The van der Waals surface area contributed by atoms with E-state index in [1.54, 1.807) is 0 Å². The Morgan fingerprint density at radius 3 is 2.14 bits per heavy atom. The number of halogens is 5. The summed E-state index contributed by atoms with van der Waals surface area (Å²) >= 11 is 0. The second-order valence-corrected chi connectivity index (χ2v) is 7.55. The van der Waals surface area contributed by atoms with Crippen LogP contribution in [0.25, 0.3) is 17.1 Å². The fourth-order valence-electron chi connectivity index (χ4n) is 3.18.